The molecule has 0 aliphatic heterocycles. The number of benzene rings is 1. The number of pyridine rings is 2. The van der Waals surface area contributed by atoms with Gasteiger partial charge in [0.05, 0.1) is 24.0 Å². The number of fused-ring (bicyclic) bond motifs is 3. The summed E-state index contributed by atoms with van der Waals surface area (Å²) < 4.78 is 9.16. The van der Waals surface area contributed by atoms with Crippen LogP contribution >= 0.6 is 0 Å². The van der Waals surface area contributed by atoms with Gasteiger partial charge in [0, 0.05) is 35.6 Å². The third-order valence-electron chi connectivity index (χ3n) is 5.20. The van der Waals surface area contributed by atoms with Gasteiger partial charge in [-0.15, -0.1) is 0 Å². The topological polar surface area (TPSA) is 101 Å². The smallest absolute Gasteiger partial charge is 0.291 e. The molecule has 5 rings (SSSR count). The summed E-state index contributed by atoms with van der Waals surface area (Å²) in [4.78, 5) is 21.9. The number of nitrogen functional groups attached to an aromatic ring is 1. The number of rotatable bonds is 4. The van der Waals surface area contributed by atoms with E-state index in [0.29, 0.717) is 29.5 Å². The summed E-state index contributed by atoms with van der Waals surface area (Å²) >= 11 is 0. The molecule has 8 nitrogen and oxygen atoms in total. The van der Waals surface area contributed by atoms with Gasteiger partial charge < -0.3 is 15.0 Å². The first-order chi connectivity index (χ1) is 15.0. The van der Waals surface area contributed by atoms with Crippen LogP contribution in [0.3, 0.4) is 0 Å². The van der Waals surface area contributed by atoms with Crippen LogP contribution < -0.4 is 16.0 Å². The van der Waals surface area contributed by atoms with E-state index in [4.69, 9.17) is 10.5 Å². The minimum absolute atomic E-state index is 0.167. The van der Waals surface area contributed by atoms with E-state index in [2.05, 4.69) is 15.1 Å². The van der Waals surface area contributed by atoms with E-state index in [1.807, 2.05) is 54.9 Å². The number of aromatic nitrogens is 5. The molecule has 0 saturated heterocycles. The second kappa shape index (κ2) is 7.24. The van der Waals surface area contributed by atoms with Crippen molar-refractivity contribution in [3.63, 3.8) is 0 Å². The number of hydrogen-bond donors (Lipinski definition) is 1. The van der Waals surface area contributed by atoms with Gasteiger partial charge in [-0.3, -0.25) is 9.78 Å². The Morgan fingerprint density at radius 2 is 1.87 bits per heavy atom. The Bertz CT molecular complexity index is 1500. The SMILES string of the molecule is Cc1cccc(Cn2ncc3c4ccc(Oc5cccc(N)n5)cc4n(C)c3c2=O)n1. The van der Waals surface area contributed by atoms with Gasteiger partial charge in [-0.2, -0.15) is 10.1 Å². The van der Waals surface area contributed by atoms with E-state index in [0.717, 1.165) is 27.7 Å². The van der Waals surface area contributed by atoms with Gasteiger partial charge in [0.2, 0.25) is 5.88 Å². The van der Waals surface area contributed by atoms with Gasteiger partial charge in [-0.25, -0.2) is 4.68 Å². The summed E-state index contributed by atoms with van der Waals surface area (Å²) in [6.07, 6.45) is 1.73. The second-order valence-corrected chi connectivity index (χ2v) is 7.38. The number of nitrogens with zero attached hydrogens (tertiary/aromatic N) is 5. The molecular formula is C23H20N6O2. The standard InChI is InChI=1S/C23H20N6O2/c1-14-5-3-6-15(26-14)13-29-23(30)22-18(12-25-29)17-10-9-16(11-19(17)28(22)2)31-21-8-4-7-20(24)27-21/h3-12H,13H2,1-2H3,(H2,24,27). The molecular weight excluding hydrogens is 392 g/mol. The highest BCUT2D eigenvalue weighted by Crippen LogP contribution is 2.30. The van der Waals surface area contributed by atoms with Crippen LogP contribution in [0.1, 0.15) is 11.4 Å². The summed E-state index contributed by atoms with van der Waals surface area (Å²) in [6.45, 7) is 2.24. The molecule has 31 heavy (non-hydrogen) atoms. The first-order valence-electron chi connectivity index (χ1n) is 9.81. The molecule has 8 heteroatoms. The fourth-order valence-corrected chi connectivity index (χ4v) is 3.76. The Kier molecular flexibility index (Phi) is 4.39. The molecule has 154 valence electrons. The number of aryl methyl sites for hydroxylation is 2. The van der Waals surface area contributed by atoms with E-state index in [-0.39, 0.29) is 5.56 Å². The third kappa shape index (κ3) is 3.38. The van der Waals surface area contributed by atoms with Crippen molar-refractivity contribution < 1.29 is 4.74 Å². The molecule has 0 fully saturated rings. The molecule has 0 spiro atoms. The van der Waals surface area contributed by atoms with Crippen LogP contribution in [0.25, 0.3) is 21.8 Å². The number of hydrogen-bond acceptors (Lipinski definition) is 6. The highest BCUT2D eigenvalue weighted by Gasteiger charge is 2.15. The largest absolute Gasteiger partial charge is 0.439 e. The molecule has 0 amide bonds. The first kappa shape index (κ1) is 18.8. The summed E-state index contributed by atoms with van der Waals surface area (Å²) in [7, 11) is 1.86. The molecule has 5 aromatic rings. The number of ether oxygens (including phenoxy) is 1. The number of anilines is 1. The second-order valence-electron chi connectivity index (χ2n) is 7.38. The lowest BCUT2D eigenvalue weighted by atomic mass is 10.2. The van der Waals surface area contributed by atoms with Crippen LogP contribution in [-0.2, 0) is 13.6 Å². The lowest BCUT2D eigenvalue weighted by molar-refractivity contribution is 0.464. The van der Waals surface area contributed by atoms with Gasteiger partial charge >= 0.3 is 0 Å². The van der Waals surface area contributed by atoms with Crippen molar-refractivity contribution in [2.24, 2.45) is 7.05 Å². The predicted molar refractivity (Wildman–Crippen MR) is 119 cm³/mol. The molecule has 4 heterocycles. The minimum atomic E-state index is -0.167. The zero-order valence-electron chi connectivity index (χ0n) is 17.1. The minimum Gasteiger partial charge on any atom is -0.439 e. The normalized spacial score (nSPS) is 11.3. The maximum Gasteiger partial charge on any atom is 0.291 e. The van der Waals surface area contributed by atoms with Crippen LogP contribution in [0.5, 0.6) is 11.6 Å². The highest BCUT2D eigenvalue weighted by atomic mass is 16.5. The Labute approximate surface area is 177 Å². The lowest BCUT2D eigenvalue weighted by Gasteiger charge is -2.06. The molecule has 0 radical (unpaired) electrons. The van der Waals surface area contributed by atoms with Gasteiger partial charge in [0.15, 0.2) is 0 Å². The average molecular weight is 412 g/mol. The number of nitrogens with two attached hydrogens (primary N) is 1. The van der Waals surface area contributed by atoms with Crippen molar-refractivity contribution in [1.29, 1.82) is 0 Å². The van der Waals surface area contributed by atoms with Crippen LogP contribution in [-0.4, -0.2) is 24.3 Å². The van der Waals surface area contributed by atoms with E-state index < -0.39 is 0 Å². The van der Waals surface area contributed by atoms with Gasteiger partial charge in [0.1, 0.15) is 17.1 Å². The third-order valence-corrected chi connectivity index (χ3v) is 5.20. The van der Waals surface area contributed by atoms with Crippen molar-refractivity contribution in [1.82, 2.24) is 24.3 Å². The summed E-state index contributed by atoms with van der Waals surface area (Å²) in [5, 5.41) is 6.11. The van der Waals surface area contributed by atoms with Crippen LogP contribution in [0.2, 0.25) is 0 Å². The van der Waals surface area contributed by atoms with E-state index in [9.17, 15) is 4.79 Å². The summed E-state index contributed by atoms with van der Waals surface area (Å²) in [5.41, 5.74) is 8.70. The predicted octanol–water partition coefficient (Wildman–Crippen LogP) is 3.41. The van der Waals surface area contributed by atoms with Gasteiger partial charge in [-0.1, -0.05) is 12.1 Å². The van der Waals surface area contributed by atoms with Crippen molar-refractivity contribution >= 4 is 27.6 Å². The van der Waals surface area contributed by atoms with Crippen LogP contribution in [0.4, 0.5) is 5.82 Å². The molecule has 2 N–H and O–H groups in total. The molecule has 0 bridgehead atoms. The van der Waals surface area contributed by atoms with Crippen molar-refractivity contribution in [3.8, 4) is 11.6 Å². The fraction of sp³-hybridized carbons (Fsp3) is 0.130. The van der Waals surface area contributed by atoms with Crippen molar-refractivity contribution in [2.45, 2.75) is 13.5 Å². The molecule has 0 atom stereocenters. The van der Waals surface area contributed by atoms with Gasteiger partial charge in [-0.05, 0) is 37.3 Å². The van der Waals surface area contributed by atoms with E-state index in [1.54, 1.807) is 24.4 Å². The fourth-order valence-electron chi connectivity index (χ4n) is 3.76. The quantitative estimate of drug-likeness (QED) is 0.485. The molecule has 0 unspecified atom stereocenters. The molecule has 1 aromatic carbocycles. The Morgan fingerprint density at radius 3 is 2.68 bits per heavy atom. The molecule has 4 aromatic heterocycles. The zero-order valence-corrected chi connectivity index (χ0v) is 17.1. The first-order valence-corrected chi connectivity index (χ1v) is 9.81. The van der Waals surface area contributed by atoms with E-state index in [1.165, 1.54) is 4.68 Å². The molecule has 0 aliphatic rings. The average Bonchev–Trinajstić information content (AvgIpc) is 3.02. The van der Waals surface area contributed by atoms with Crippen molar-refractivity contribution in [2.75, 3.05) is 5.73 Å². The highest BCUT2D eigenvalue weighted by molar-refractivity contribution is 6.07. The van der Waals surface area contributed by atoms with Crippen LogP contribution in [0, 0.1) is 6.92 Å². The Balaban J connectivity index is 1.58. The van der Waals surface area contributed by atoms with E-state index >= 15 is 0 Å². The zero-order chi connectivity index (χ0) is 21.5. The monoisotopic (exact) mass is 412 g/mol. The Hall–Kier alpha value is -4.20. The lowest BCUT2D eigenvalue weighted by Crippen LogP contribution is -2.24. The van der Waals surface area contributed by atoms with Gasteiger partial charge in [0.25, 0.3) is 5.56 Å². The maximum atomic E-state index is 13.2. The molecule has 0 aliphatic carbocycles. The Morgan fingerprint density at radius 1 is 1.03 bits per heavy atom. The summed E-state index contributed by atoms with van der Waals surface area (Å²) in [6, 6.07) is 16.6. The molecule has 0 saturated carbocycles. The summed E-state index contributed by atoms with van der Waals surface area (Å²) in [5.74, 6) is 1.40. The van der Waals surface area contributed by atoms with Crippen molar-refractivity contribution in [3.05, 3.63) is 82.5 Å². The maximum absolute atomic E-state index is 13.2. The van der Waals surface area contributed by atoms with Crippen LogP contribution in [0.15, 0.2) is 65.6 Å².